The number of nitrogens with zero attached hydrogens (tertiary/aromatic N) is 1. The van der Waals surface area contributed by atoms with Crippen molar-refractivity contribution in [2.24, 2.45) is 0 Å². The molecule has 1 aromatic heterocycles. The van der Waals surface area contributed by atoms with E-state index < -0.39 is 0 Å². The summed E-state index contributed by atoms with van der Waals surface area (Å²) in [4.78, 5) is 15.9. The third kappa shape index (κ3) is 3.63. The van der Waals surface area contributed by atoms with Gasteiger partial charge in [0.15, 0.2) is 18.8 Å². The van der Waals surface area contributed by atoms with E-state index >= 15 is 0 Å². The maximum atomic E-state index is 12.1. The van der Waals surface area contributed by atoms with Crippen molar-refractivity contribution in [3.05, 3.63) is 66.2 Å². The largest absolute Gasteiger partial charge is 0.483 e. The van der Waals surface area contributed by atoms with Gasteiger partial charge in [-0.2, -0.15) is 0 Å². The van der Waals surface area contributed by atoms with Gasteiger partial charge in [0.25, 0.3) is 5.91 Å². The van der Waals surface area contributed by atoms with Gasteiger partial charge in [-0.25, -0.2) is 4.98 Å². The normalized spacial score (nSPS) is 10.4. The summed E-state index contributed by atoms with van der Waals surface area (Å²) in [6.45, 7) is 3.89. The molecule has 0 aliphatic heterocycles. The second kappa shape index (κ2) is 7.00. The minimum absolute atomic E-state index is 0.0322. The van der Waals surface area contributed by atoms with Crippen molar-refractivity contribution < 1.29 is 13.9 Å². The molecule has 1 N–H and O–H groups in total. The van der Waals surface area contributed by atoms with Crippen LogP contribution in [0.1, 0.15) is 11.1 Å². The van der Waals surface area contributed by atoms with Crippen molar-refractivity contribution in [1.29, 1.82) is 0 Å². The van der Waals surface area contributed by atoms with Gasteiger partial charge in [0.05, 0.1) is 6.20 Å². The quantitative estimate of drug-likeness (QED) is 0.772. The number of nitrogens with one attached hydrogen (secondary N) is 1. The summed E-state index contributed by atoms with van der Waals surface area (Å²) < 4.78 is 10.9. The Morgan fingerprint density at radius 1 is 1.12 bits per heavy atom. The number of carbonyl (C=O) groups excluding carboxylic acids is 1. The van der Waals surface area contributed by atoms with Crippen molar-refractivity contribution in [1.82, 2.24) is 4.98 Å². The molecule has 0 bridgehead atoms. The first kappa shape index (κ1) is 15.8. The molecule has 0 saturated carbocycles. The van der Waals surface area contributed by atoms with E-state index in [0.29, 0.717) is 11.4 Å². The Morgan fingerprint density at radius 3 is 2.46 bits per heavy atom. The summed E-state index contributed by atoms with van der Waals surface area (Å²) in [5.41, 5.74) is 3.63. The van der Waals surface area contributed by atoms with Crippen LogP contribution < -0.4 is 10.1 Å². The molecular formula is C19H18N2O3. The fourth-order valence-corrected chi connectivity index (χ4v) is 2.44. The Balaban J connectivity index is 1.59. The molecule has 1 amide bonds. The average molecular weight is 322 g/mol. The molecule has 0 unspecified atom stereocenters. The van der Waals surface area contributed by atoms with Crippen LogP contribution in [0.5, 0.6) is 5.75 Å². The van der Waals surface area contributed by atoms with Gasteiger partial charge in [-0.1, -0.05) is 18.2 Å². The Labute approximate surface area is 140 Å². The van der Waals surface area contributed by atoms with Crippen LogP contribution in [0.4, 0.5) is 5.69 Å². The van der Waals surface area contributed by atoms with Gasteiger partial charge in [0.1, 0.15) is 5.75 Å². The fourth-order valence-electron chi connectivity index (χ4n) is 2.44. The van der Waals surface area contributed by atoms with Gasteiger partial charge in [0.2, 0.25) is 0 Å². The maximum Gasteiger partial charge on any atom is 0.262 e. The zero-order valence-corrected chi connectivity index (χ0v) is 13.6. The molecule has 0 atom stereocenters. The van der Waals surface area contributed by atoms with E-state index in [1.54, 1.807) is 6.20 Å². The standard InChI is InChI=1S/C19H18N2O3/c1-13-4-3-5-14(2)19(13)23-11-18(22)21-16-8-6-15(7-9-16)17-10-20-12-24-17/h3-10,12H,11H2,1-2H3,(H,21,22). The van der Waals surface area contributed by atoms with E-state index in [9.17, 15) is 4.79 Å². The lowest BCUT2D eigenvalue weighted by molar-refractivity contribution is -0.118. The van der Waals surface area contributed by atoms with E-state index in [4.69, 9.17) is 9.15 Å². The Kier molecular flexibility index (Phi) is 4.61. The SMILES string of the molecule is Cc1cccc(C)c1OCC(=O)Nc1ccc(-c2cnco2)cc1. The molecule has 24 heavy (non-hydrogen) atoms. The smallest absolute Gasteiger partial charge is 0.262 e. The number of hydrogen-bond donors (Lipinski definition) is 1. The van der Waals surface area contributed by atoms with E-state index in [1.807, 2.05) is 56.3 Å². The monoisotopic (exact) mass is 322 g/mol. The molecule has 0 fully saturated rings. The first-order valence-corrected chi connectivity index (χ1v) is 7.61. The van der Waals surface area contributed by atoms with E-state index in [1.165, 1.54) is 6.39 Å². The summed E-state index contributed by atoms with van der Waals surface area (Å²) in [6, 6.07) is 13.2. The molecule has 0 saturated heterocycles. The second-order valence-corrected chi connectivity index (χ2v) is 5.50. The van der Waals surface area contributed by atoms with Crippen LogP contribution in [0.15, 0.2) is 59.5 Å². The molecule has 5 nitrogen and oxygen atoms in total. The van der Waals surface area contributed by atoms with Crippen LogP contribution in [-0.2, 0) is 4.79 Å². The Hall–Kier alpha value is -3.08. The van der Waals surface area contributed by atoms with Gasteiger partial charge >= 0.3 is 0 Å². The number of para-hydroxylation sites is 1. The number of anilines is 1. The average Bonchev–Trinajstić information content (AvgIpc) is 3.09. The van der Waals surface area contributed by atoms with Crippen LogP contribution in [0, 0.1) is 13.8 Å². The molecule has 3 rings (SSSR count). The molecule has 2 aromatic carbocycles. The lowest BCUT2D eigenvalue weighted by Gasteiger charge is -2.12. The lowest BCUT2D eigenvalue weighted by Crippen LogP contribution is -2.20. The number of hydrogen-bond acceptors (Lipinski definition) is 4. The van der Waals surface area contributed by atoms with Crippen molar-refractivity contribution in [2.75, 3.05) is 11.9 Å². The highest BCUT2D eigenvalue weighted by atomic mass is 16.5. The Morgan fingerprint density at radius 2 is 1.83 bits per heavy atom. The topological polar surface area (TPSA) is 64.4 Å². The molecule has 0 aliphatic rings. The summed E-state index contributed by atoms with van der Waals surface area (Å²) in [5, 5.41) is 2.81. The number of aromatic nitrogens is 1. The molecule has 3 aromatic rings. The van der Waals surface area contributed by atoms with Crippen molar-refractivity contribution >= 4 is 11.6 Å². The zero-order valence-electron chi connectivity index (χ0n) is 13.6. The summed E-state index contributed by atoms with van der Waals surface area (Å²) in [7, 11) is 0. The minimum atomic E-state index is -0.204. The number of carbonyl (C=O) groups is 1. The van der Waals surface area contributed by atoms with Crippen molar-refractivity contribution in [3.63, 3.8) is 0 Å². The van der Waals surface area contributed by atoms with Gasteiger partial charge < -0.3 is 14.5 Å². The number of benzene rings is 2. The lowest BCUT2D eigenvalue weighted by atomic mass is 10.1. The highest BCUT2D eigenvalue weighted by Crippen LogP contribution is 2.23. The maximum absolute atomic E-state index is 12.1. The van der Waals surface area contributed by atoms with Crippen LogP contribution in [0.2, 0.25) is 0 Å². The Bertz CT molecular complexity index is 804. The summed E-state index contributed by atoms with van der Waals surface area (Å²) >= 11 is 0. The van der Waals surface area contributed by atoms with Crippen LogP contribution in [-0.4, -0.2) is 17.5 Å². The molecule has 1 heterocycles. The number of oxazole rings is 1. The second-order valence-electron chi connectivity index (χ2n) is 5.50. The number of rotatable bonds is 5. The number of ether oxygens (including phenoxy) is 1. The van der Waals surface area contributed by atoms with Crippen LogP contribution in [0.25, 0.3) is 11.3 Å². The first-order chi connectivity index (χ1) is 11.6. The van der Waals surface area contributed by atoms with Crippen molar-refractivity contribution in [3.8, 4) is 17.1 Å². The third-order valence-corrected chi connectivity index (χ3v) is 3.64. The summed E-state index contributed by atoms with van der Waals surface area (Å²) in [5.74, 6) is 1.24. The zero-order chi connectivity index (χ0) is 16.9. The summed E-state index contributed by atoms with van der Waals surface area (Å²) in [6.07, 6.45) is 3.03. The van der Waals surface area contributed by atoms with E-state index in [2.05, 4.69) is 10.3 Å². The van der Waals surface area contributed by atoms with E-state index in [0.717, 1.165) is 22.4 Å². The number of amides is 1. The van der Waals surface area contributed by atoms with Crippen molar-refractivity contribution in [2.45, 2.75) is 13.8 Å². The van der Waals surface area contributed by atoms with Crippen LogP contribution in [0.3, 0.4) is 0 Å². The highest BCUT2D eigenvalue weighted by Gasteiger charge is 2.08. The van der Waals surface area contributed by atoms with E-state index in [-0.39, 0.29) is 12.5 Å². The van der Waals surface area contributed by atoms with Gasteiger partial charge in [-0.3, -0.25) is 4.79 Å². The predicted octanol–water partition coefficient (Wildman–Crippen LogP) is 3.98. The molecule has 0 spiro atoms. The third-order valence-electron chi connectivity index (χ3n) is 3.64. The fraction of sp³-hybridized carbons (Fsp3) is 0.158. The van der Waals surface area contributed by atoms with Gasteiger partial charge in [0, 0.05) is 11.3 Å². The predicted molar refractivity (Wildman–Crippen MR) is 92.0 cm³/mol. The number of aryl methyl sites for hydroxylation is 2. The van der Waals surface area contributed by atoms with Crippen LogP contribution >= 0.6 is 0 Å². The minimum Gasteiger partial charge on any atom is -0.483 e. The molecule has 0 aliphatic carbocycles. The highest BCUT2D eigenvalue weighted by molar-refractivity contribution is 5.92. The van der Waals surface area contributed by atoms with Gasteiger partial charge in [-0.15, -0.1) is 0 Å². The first-order valence-electron chi connectivity index (χ1n) is 7.61. The molecule has 5 heteroatoms. The molecule has 0 radical (unpaired) electrons. The van der Waals surface area contributed by atoms with Gasteiger partial charge in [-0.05, 0) is 49.2 Å². The molecular weight excluding hydrogens is 304 g/mol. The molecule has 122 valence electrons.